The van der Waals surface area contributed by atoms with E-state index in [4.69, 9.17) is 0 Å². The summed E-state index contributed by atoms with van der Waals surface area (Å²) in [6, 6.07) is 0. The molecule has 0 aromatic rings. The fourth-order valence-electron chi connectivity index (χ4n) is 2.34. The van der Waals surface area contributed by atoms with Crippen LogP contribution in [0.1, 0.15) is 74.7 Å². The topological polar surface area (TPSA) is 0 Å². The molecule has 0 aliphatic rings. The normalized spacial score (nSPS) is 15.8. The van der Waals surface area contributed by atoms with Gasteiger partial charge in [-0.3, -0.25) is 0 Å². The van der Waals surface area contributed by atoms with Crippen LogP contribution in [0.2, 0.25) is 0 Å². The zero-order chi connectivity index (χ0) is 17.2. The summed E-state index contributed by atoms with van der Waals surface area (Å²) >= 11 is 0. The Hall–Kier alpha value is -1.30. The van der Waals surface area contributed by atoms with Gasteiger partial charge in [0, 0.05) is 0 Å². The van der Waals surface area contributed by atoms with Crippen molar-refractivity contribution in [1.82, 2.24) is 0 Å². The molecular weight excluding hydrogens is 264 g/mol. The van der Waals surface area contributed by atoms with E-state index in [1.807, 2.05) is 0 Å². The molecule has 0 fully saturated rings. The van der Waals surface area contributed by atoms with Crippen molar-refractivity contribution in [2.75, 3.05) is 0 Å². The Morgan fingerprint density at radius 2 is 1.50 bits per heavy atom. The van der Waals surface area contributed by atoms with E-state index in [-0.39, 0.29) is 5.41 Å². The van der Waals surface area contributed by atoms with Gasteiger partial charge < -0.3 is 0 Å². The predicted molar refractivity (Wildman–Crippen MR) is 103 cm³/mol. The average Bonchev–Trinajstić information content (AvgIpc) is 2.47. The SMILES string of the molecule is CC/C=C(C)/C=C/C=C(C)/C=C/C(=C(\C)CC)C(C)(C)CC. The van der Waals surface area contributed by atoms with Gasteiger partial charge in [-0.15, -0.1) is 0 Å². The minimum absolute atomic E-state index is 0.243. The Labute approximate surface area is 139 Å². The van der Waals surface area contributed by atoms with Crippen molar-refractivity contribution in [2.24, 2.45) is 5.41 Å². The number of allylic oxidation sites excluding steroid dienone is 10. The molecule has 0 spiro atoms. The van der Waals surface area contributed by atoms with E-state index in [0.717, 1.165) is 19.3 Å². The van der Waals surface area contributed by atoms with Crippen molar-refractivity contribution in [3.05, 3.63) is 58.7 Å². The maximum atomic E-state index is 2.34. The molecule has 0 amide bonds. The third kappa shape index (κ3) is 7.64. The Morgan fingerprint density at radius 1 is 0.864 bits per heavy atom. The van der Waals surface area contributed by atoms with E-state index in [1.165, 1.54) is 22.3 Å². The number of rotatable bonds is 8. The lowest BCUT2D eigenvalue weighted by Crippen LogP contribution is -2.13. The van der Waals surface area contributed by atoms with Crippen molar-refractivity contribution in [3.8, 4) is 0 Å². The lowest BCUT2D eigenvalue weighted by molar-refractivity contribution is 0.434. The molecule has 0 N–H and O–H groups in total. The molecule has 0 aromatic heterocycles. The molecule has 124 valence electrons. The highest BCUT2D eigenvalue weighted by molar-refractivity contribution is 5.35. The first-order valence-electron chi connectivity index (χ1n) is 8.68. The molecular formula is C22H36. The lowest BCUT2D eigenvalue weighted by Gasteiger charge is -2.27. The fraction of sp³-hybridized carbons (Fsp3) is 0.545. The summed E-state index contributed by atoms with van der Waals surface area (Å²) in [5.41, 5.74) is 5.83. The summed E-state index contributed by atoms with van der Waals surface area (Å²) in [4.78, 5) is 0. The Morgan fingerprint density at radius 3 is 2.00 bits per heavy atom. The smallest absolute Gasteiger partial charge is 0.0107 e. The molecule has 0 aromatic carbocycles. The first-order valence-corrected chi connectivity index (χ1v) is 8.68. The highest BCUT2D eigenvalue weighted by Gasteiger charge is 2.20. The molecule has 0 saturated heterocycles. The van der Waals surface area contributed by atoms with Crippen LogP contribution >= 0.6 is 0 Å². The molecule has 0 nitrogen and oxygen atoms in total. The Kier molecular flexibility index (Phi) is 9.81. The van der Waals surface area contributed by atoms with E-state index < -0.39 is 0 Å². The Bertz CT molecular complexity index is 476. The third-order valence-electron chi connectivity index (χ3n) is 4.36. The molecule has 0 rings (SSSR count). The van der Waals surface area contributed by atoms with Gasteiger partial charge in [-0.2, -0.15) is 0 Å². The first-order chi connectivity index (χ1) is 10.3. The molecule has 0 radical (unpaired) electrons. The van der Waals surface area contributed by atoms with Crippen LogP contribution in [0.3, 0.4) is 0 Å². The highest BCUT2D eigenvalue weighted by atomic mass is 14.2. The van der Waals surface area contributed by atoms with Crippen LogP contribution in [0.4, 0.5) is 0 Å². The quantitative estimate of drug-likeness (QED) is 0.405. The van der Waals surface area contributed by atoms with Crippen LogP contribution in [-0.4, -0.2) is 0 Å². The molecule has 0 aliphatic heterocycles. The summed E-state index contributed by atoms with van der Waals surface area (Å²) in [6.45, 7) is 17.9. The van der Waals surface area contributed by atoms with Crippen LogP contribution < -0.4 is 0 Å². The molecule has 0 heteroatoms. The van der Waals surface area contributed by atoms with Gasteiger partial charge in [0.2, 0.25) is 0 Å². The van der Waals surface area contributed by atoms with Gasteiger partial charge in [-0.1, -0.05) is 87.8 Å². The van der Waals surface area contributed by atoms with Crippen molar-refractivity contribution in [1.29, 1.82) is 0 Å². The van der Waals surface area contributed by atoms with Crippen LogP contribution in [0, 0.1) is 5.41 Å². The zero-order valence-corrected chi connectivity index (χ0v) is 16.1. The second-order valence-corrected chi connectivity index (χ2v) is 6.74. The van der Waals surface area contributed by atoms with Crippen molar-refractivity contribution < 1.29 is 0 Å². The standard InChI is InChI=1S/C22H36/c1-9-13-18(4)14-12-15-19(5)16-17-21(20(6)10-2)22(7,8)11-3/h12-17H,9-11H2,1-8H3/b14-12+,17-16+,18-13+,19-15+,21-20-. The van der Waals surface area contributed by atoms with Crippen LogP contribution in [0.5, 0.6) is 0 Å². The van der Waals surface area contributed by atoms with Crippen LogP contribution in [-0.2, 0) is 0 Å². The van der Waals surface area contributed by atoms with Gasteiger partial charge in [0.25, 0.3) is 0 Å². The lowest BCUT2D eigenvalue weighted by atomic mass is 9.78. The summed E-state index contributed by atoms with van der Waals surface area (Å²) in [7, 11) is 0. The van der Waals surface area contributed by atoms with Crippen molar-refractivity contribution in [3.63, 3.8) is 0 Å². The summed E-state index contributed by atoms with van der Waals surface area (Å²) in [6.07, 6.45) is 16.7. The Balaban J connectivity index is 5.17. The summed E-state index contributed by atoms with van der Waals surface area (Å²) < 4.78 is 0. The van der Waals surface area contributed by atoms with E-state index in [0.29, 0.717) is 0 Å². The fourth-order valence-corrected chi connectivity index (χ4v) is 2.34. The van der Waals surface area contributed by atoms with E-state index in [9.17, 15) is 0 Å². The van der Waals surface area contributed by atoms with E-state index in [2.05, 4.69) is 91.8 Å². The van der Waals surface area contributed by atoms with E-state index >= 15 is 0 Å². The predicted octanol–water partition coefficient (Wildman–Crippen LogP) is 7.56. The van der Waals surface area contributed by atoms with Crippen LogP contribution in [0.25, 0.3) is 0 Å². The van der Waals surface area contributed by atoms with Gasteiger partial charge in [0.05, 0.1) is 0 Å². The maximum Gasteiger partial charge on any atom is -0.0107 e. The van der Waals surface area contributed by atoms with Gasteiger partial charge in [0.15, 0.2) is 0 Å². The third-order valence-corrected chi connectivity index (χ3v) is 4.36. The minimum Gasteiger partial charge on any atom is -0.0819 e. The monoisotopic (exact) mass is 300 g/mol. The minimum atomic E-state index is 0.243. The van der Waals surface area contributed by atoms with Gasteiger partial charge in [-0.05, 0) is 51.0 Å². The summed E-state index contributed by atoms with van der Waals surface area (Å²) in [5.74, 6) is 0. The average molecular weight is 301 g/mol. The number of hydrogen-bond donors (Lipinski definition) is 0. The van der Waals surface area contributed by atoms with Crippen molar-refractivity contribution in [2.45, 2.75) is 74.7 Å². The highest BCUT2D eigenvalue weighted by Crippen LogP contribution is 2.34. The summed E-state index contributed by atoms with van der Waals surface area (Å²) in [5, 5.41) is 0. The molecule has 0 atom stereocenters. The molecule has 22 heavy (non-hydrogen) atoms. The zero-order valence-electron chi connectivity index (χ0n) is 16.1. The second-order valence-electron chi connectivity index (χ2n) is 6.74. The van der Waals surface area contributed by atoms with Gasteiger partial charge in [-0.25, -0.2) is 0 Å². The van der Waals surface area contributed by atoms with Gasteiger partial charge in [0.1, 0.15) is 0 Å². The van der Waals surface area contributed by atoms with Gasteiger partial charge >= 0.3 is 0 Å². The molecule has 0 heterocycles. The first kappa shape index (κ1) is 20.7. The molecule has 0 saturated carbocycles. The largest absolute Gasteiger partial charge is 0.0819 e. The number of hydrogen-bond acceptors (Lipinski definition) is 0. The maximum absolute atomic E-state index is 2.34. The molecule has 0 unspecified atom stereocenters. The van der Waals surface area contributed by atoms with Crippen LogP contribution in [0.15, 0.2) is 58.7 Å². The van der Waals surface area contributed by atoms with Crippen molar-refractivity contribution >= 4 is 0 Å². The van der Waals surface area contributed by atoms with E-state index in [1.54, 1.807) is 0 Å². The molecule has 0 aliphatic carbocycles. The second kappa shape index (κ2) is 10.4. The molecule has 0 bridgehead atoms.